The highest BCUT2D eigenvalue weighted by Gasteiger charge is 2.47. The van der Waals surface area contributed by atoms with Crippen LogP contribution in [-0.4, -0.2) is 29.6 Å². The number of nitrogens with one attached hydrogen (secondary N) is 1. The third-order valence-electron chi connectivity index (χ3n) is 5.32. The molecule has 0 saturated carbocycles. The summed E-state index contributed by atoms with van der Waals surface area (Å²) in [5.74, 6) is 0.853. The van der Waals surface area contributed by atoms with Crippen molar-refractivity contribution >= 4 is 0 Å². The van der Waals surface area contributed by atoms with E-state index in [1.165, 1.54) is 31.5 Å². The van der Waals surface area contributed by atoms with Crippen LogP contribution >= 0.6 is 0 Å². The van der Waals surface area contributed by atoms with Crippen molar-refractivity contribution in [1.82, 2.24) is 10.2 Å². The Morgan fingerprint density at radius 3 is 2.37 bits per heavy atom. The average Bonchev–Trinajstić information content (AvgIpc) is 2.44. The Kier molecular flexibility index (Phi) is 3.40. The molecule has 2 atom stereocenters. The van der Waals surface area contributed by atoms with Gasteiger partial charge in [0.05, 0.1) is 0 Å². The number of hydrogen-bond donors (Lipinski definition) is 1. The molecule has 4 rings (SSSR count). The molecular weight excluding hydrogens is 232 g/mol. The molecular formula is C17H26N2. The first-order valence-electron chi connectivity index (χ1n) is 7.65. The largest absolute Gasteiger partial charge is 0.305 e. The third-order valence-corrected chi connectivity index (χ3v) is 5.32. The predicted molar refractivity (Wildman–Crippen MR) is 80.2 cm³/mol. The van der Waals surface area contributed by atoms with E-state index in [9.17, 15) is 0 Å². The highest BCUT2D eigenvalue weighted by atomic mass is 15.3. The summed E-state index contributed by atoms with van der Waals surface area (Å²) in [6, 6.07) is 11.9. The molecule has 104 valence electrons. The van der Waals surface area contributed by atoms with Crippen LogP contribution in [-0.2, 0) is 0 Å². The quantitative estimate of drug-likeness (QED) is 0.895. The first-order chi connectivity index (χ1) is 9.09. The van der Waals surface area contributed by atoms with Gasteiger partial charge in [-0.05, 0) is 58.2 Å². The van der Waals surface area contributed by atoms with Gasteiger partial charge in [-0.1, -0.05) is 30.3 Å². The van der Waals surface area contributed by atoms with E-state index in [4.69, 9.17) is 0 Å². The fraction of sp³-hybridized carbons (Fsp3) is 0.647. The molecule has 1 N–H and O–H groups in total. The van der Waals surface area contributed by atoms with Gasteiger partial charge in [0.15, 0.2) is 0 Å². The van der Waals surface area contributed by atoms with Crippen LogP contribution in [0.2, 0.25) is 0 Å². The normalized spacial score (nSPS) is 34.2. The lowest BCUT2D eigenvalue weighted by Crippen LogP contribution is -2.68. The number of nitrogens with zero attached hydrogens (tertiary/aromatic N) is 1. The zero-order valence-corrected chi connectivity index (χ0v) is 12.4. The lowest BCUT2D eigenvalue weighted by molar-refractivity contribution is -0.0438. The molecule has 1 aromatic carbocycles. The van der Waals surface area contributed by atoms with Crippen LogP contribution in [0.25, 0.3) is 0 Å². The minimum atomic E-state index is 0.296. The van der Waals surface area contributed by atoms with E-state index < -0.39 is 0 Å². The van der Waals surface area contributed by atoms with Crippen molar-refractivity contribution < 1.29 is 0 Å². The number of rotatable bonds is 3. The lowest BCUT2D eigenvalue weighted by atomic mass is 9.71. The van der Waals surface area contributed by atoms with Crippen molar-refractivity contribution in [3.05, 3.63) is 35.9 Å². The summed E-state index contributed by atoms with van der Waals surface area (Å²) in [6.07, 6.45) is 2.73. The van der Waals surface area contributed by atoms with E-state index in [1.54, 1.807) is 0 Å². The molecule has 0 spiro atoms. The maximum atomic E-state index is 3.92. The predicted octanol–water partition coefficient (Wildman–Crippen LogP) is 3.21. The third kappa shape index (κ3) is 2.32. The van der Waals surface area contributed by atoms with Gasteiger partial charge in [-0.3, -0.25) is 4.90 Å². The molecule has 3 aliphatic rings. The van der Waals surface area contributed by atoms with E-state index >= 15 is 0 Å². The van der Waals surface area contributed by atoms with Crippen molar-refractivity contribution in [3.8, 4) is 0 Å². The molecule has 2 heteroatoms. The standard InChI is InChI=1S/C17H26N2/c1-13(14-7-5-4-6-8-14)18-16-15-9-11-19(12-10-15)17(16,2)3/h4-8,13,15-16,18H,9-12H2,1-3H3/t13-,16?/m1/s1. The molecule has 0 aromatic heterocycles. The van der Waals surface area contributed by atoms with Crippen LogP contribution in [0, 0.1) is 5.92 Å². The molecule has 19 heavy (non-hydrogen) atoms. The van der Waals surface area contributed by atoms with Crippen LogP contribution in [0.15, 0.2) is 30.3 Å². The highest BCUT2D eigenvalue weighted by molar-refractivity contribution is 5.19. The second-order valence-corrected chi connectivity index (χ2v) is 6.75. The van der Waals surface area contributed by atoms with Crippen LogP contribution in [0.3, 0.4) is 0 Å². The Balaban J connectivity index is 1.75. The molecule has 3 fully saturated rings. The molecule has 2 bridgehead atoms. The Hall–Kier alpha value is -0.860. The second kappa shape index (κ2) is 4.92. The SMILES string of the molecule is C[C@@H](NC1C2CCN(CC2)C1(C)C)c1ccccc1. The van der Waals surface area contributed by atoms with E-state index in [0.29, 0.717) is 17.6 Å². The number of hydrogen-bond acceptors (Lipinski definition) is 2. The van der Waals surface area contributed by atoms with Crippen molar-refractivity contribution in [1.29, 1.82) is 0 Å². The Bertz CT molecular complexity index is 418. The van der Waals surface area contributed by atoms with Crippen LogP contribution in [0.5, 0.6) is 0 Å². The smallest absolute Gasteiger partial charge is 0.0309 e. The summed E-state index contributed by atoms with van der Waals surface area (Å²) in [6.45, 7) is 9.69. The van der Waals surface area contributed by atoms with Gasteiger partial charge >= 0.3 is 0 Å². The monoisotopic (exact) mass is 258 g/mol. The fourth-order valence-electron chi connectivity index (χ4n) is 4.03. The summed E-state index contributed by atoms with van der Waals surface area (Å²) < 4.78 is 0. The van der Waals surface area contributed by atoms with E-state index in [0.717, 1.165) is 5.92 Å². The lowest BCUT2D eigenvalue weighted by Gasteiger charge is -2.57. The number of benzene rings is 1. The molecule has 3 saturated heterocycles. The Labute approximate surface area is 117 Å². The van der Waals surface area contributed by atoms with Crippen molar-refractivity contribution in [3.63, 3.8) is 0 Å². The zero-order valence-electron chi connectivity index (χ0n) is 12.4. The van der Waals surface area contributed by atoms with Crippen molar-refractivity contribution in [2.75, 3.05) is 13.1 Å². The Morgan fingerprint density at radius 1 is 1.16 bits per heavy atom. The molecule has 2 nitrogen and oxygen atoms in total. The first-order valence-corrected chi connectivity index (χ1v) is 7.65. The summed E-state index contributed by atoms with van der Waals surface area (Å²) in [5, 5.41) is 3.92. The number of piperidine rings is 3. The topological polar surface area (TPSA) is 15.3 Å². The van der Waals surface area contributed by atoms with Crippen LogP contribution < -0.4 is 5.32 Å². The van der Waals surface area contributed by atoms with Gasteiger partial charge in [0.2, 0.25) is 0 Å². The first kappa shape index (κ1) is 13.1. The molecule has 0 radical (unpaired) electrons. The fourth-order valence-corrected chi connectivity index (χ4v) is 4.03. The van der Waals surface area contributed by atoms with Gasteiger partial charge in [-0.15, -0.1) is 0 Å². The van der Waals surface area contributed by atoms with Gasteiger partial charge in [-0.25, -0.2) is 0 Å². The molecule has 0 aliphatic carbocycles. The van der Waals surface area contributed by atoms with Crippen molar-refractivity contribution in [2.24, 2.45) is 5.92 Å². The van der Waals surface area contributed by atoms with Gasteiger partial charge in [0.1, 0.15) is 0 Å². The van der Waals surface area contributed by atoms with Crippen LogP contribution in [0.4, 0.5) is 0 Å². The minimum Gasteiger partial charge on any atom is -0.305 e. The summed E-state index contributed by atoms with van der Waals surface area (Å²) in [5.41, 5.74) is 1.69. The van der Waals surface area contributed by atoms with Gasteiger partial charge in [-0.2, -0.15) is 0 Å². The highest BCUT2D eigenvalue weighted by Crippen LogP contribution is 2.39. The Morgan fingerprint density at radius 2 is 1.79 bits per heavy atom. The van der Waals surface area contributed by atoms with Crippen LogP contribution in [0.1, 0.15) is 45.2 Å². The van der Waals surface area contributed by atoms with E-state index in [1.807, 2.05) is 0 Å². The molecule has 3 heterocycles. The van der Waals surface area contributed by atoms with Crippen molar-refractivity contribution in [2.45, 2.75) is 51.2 Å². The summed E-state index contributed by atoms with van der Waals surface area (Å²) in [4.78, 5) is 2.67. The summed E-state index contributed by atoms with van der Waals surface area (Å²) >= 11 is 0. The number of fused-ring (bicyclic) bond motifs is 3. The minimum absolute atomic E-state index is 0.296. The maximum Gasteiger partial charge on any atom is 0.0309 e. The van der Waals surface area contributed by atoms with E-state index in [-0.39, 0.29) is 0 Å². The molecule has 3 aliphatic heterocycles. The summed E-state index contributed by atoms with van der Waals surface area (Å²) in [7, 11) is 0. The molecule has 1 unspecified atom stereocenters. The molecule has 0 amide bonds. The zero-order chi connectivity index (χ0) is 13.5. The second-order valence-electron chi connectivity index (χ2n) is 6.75. The van der Waals surface area contributed by atoms with Gasteiger partial charge in [0.25, 0.3) is 0 Å². The van der Waals surface area contributed by atoms with E-state index in [2.05, 4.69) is 61.3 Å². The van der Waals surface area contributed by atoms with Gasteiger partial charge < -0.3 is 5.32 Å². The maximum absolute atomic E-state index is 3.92. The average molecular weight is 258 g/mol. The molecule has 1 aromatic rings. The van der Waals surface area contributed by atoms with Gasteiger partial charge in [0, 0.05) is 17.6 Å².